The lowest BCUT2D eigenvalue weighted by Gasteiger charge is -2.55. The minimum atomic E-state index is -0.00413. The number of benzene rings is 1. The average molecular weight is 419 g/mol. The molecule has 4 heterocycles. The molecule has 5 rings (SSSR count). The van der Waals surface area contributed by atoms with Gasteiger partial charge in [0, 0.05) is 51.4 Å². The summed E-state index contributed by atoms with van der Waals surface area (Å²) in [7, 11) is 0. The van der Waals surface area contributed by atoms with Crippen molar-refractivity contribution in [1.29, 1.82) is 0 Å². The molecule has 164 valence electrons. The maximum Gasteiger partial charge on any atom is 0.217 e. The van der Waals surface area contributed by atoms with Gasteiger partial charge in [-0.2, -0.15) is 0 Å². The summed E-state index contributed by atoms with van der Waals surface area (Å²) in [4.78, 5) is 21.3. The van der Waals surface area contributed by atoms with E-state index < -0.39 is 0 Å². The number of hydrogen-bond donors (Lipinski definition) is 1. The quantitative estimate of drug-likeness (QED) is 0.805. The maximum absolute atomic E-state index is 11.1. The first kappa shape index (κ1) is 20.5. The molecular weight excluding hydrogens is 384 g/mol. The highest BCUT2D eigenvalue weighted by Crippen LogP contribution is 2.41. The lowest BCUT2D eigenvalue weighted by Crippen LogP contribution is -2.62. The van der Waals surface area contributed by atoms with Crippen LogP contribution >= 0.6 is 0 Å². The van der Waals surface area contributed by atoms with Gasteiger partial charge in [-0.3, -0.25) is 9.69 Å². The van der Waals surface area contributed by atoms with E-state index in [1.54, 1.807) is 6.92 Å². The second-order valence-electron chi connectivity index (χ2n) is 9.74. The molecule has 1 aromatic carbocycles. The van der Waals surface area contributed by atoms with Gasteiger partial charge in [0.2, 0.25) is 5.91 Å². The molecule has 3 aliphatic rings. The number of nitrogens with zero attached hydrogens (tertiary/aromatic N) is 3. The van der Waals surface area contributed by atoms with Crippen LogP contribution in [0.15, 0.2) is 48.7 Å². The molecule has 2 bridgehead atoms. The Morgan fingerprint density at radius 1 is 1.06 bits per heavy atom. The van der Waals surface area contributed by atoms with Crippen LogP contribution in [0.5, 0.6) is 0 Å². The summed E-state index contributed by atoms with van der Waals surface area (Å²) >= 11 is 0. The fourth-order valence-electron chi connectivity index (χ4n) is 6.14. The number of pyridine rings is 1. The zero-order valence-corrected chi connectivity index (χ0v) is 18.5. The SMILES string of the molecule is CC(=O)NCc1ccc(N2C[C@@H]3C[C@H](C2)[C@@H]2CCC[C@H](Cc4ccccc4)N2C3)nc1. The summed E-state index contributed by atoms with van der Waals surface area (Å²) in [5.41, 5.74) is 2.53. The van der Waals surface area contributed by atoms with Gasteiger partial charge in [-0.15, -0.1) is 0 Å². The van der Waals surface area contributed by atoms with E-state index in [0.717, 1.165) is 42.3 Å². The van der Waals surface area contributed by atoms with Crippen molar-refractivity contribution in [3.63, 3.8) is 0 Å². The Hall–Kier alpha value is -2.40. The van der Waals surface area contributed by atoms with E-state index in [-0.39, 0.29) is 5.91 Å². The van der Waals surface area contributed by atoms with Crippen LogP contribution in [0.1, 0.15) is 43.7 Å². The van der Waals surface area contributed by atoms with E-state index in [1.807, 2.05) is 6.20 Å². The highest BCUT2D eigenvalue weighted by atomic mass is 16.1. The van der Waals surface area contributed by atoms with Gasteiger partial charge in [0.25, 0.3) is 0 Å². The third kappa shape index (κ3) is 4.62. The van der Waals surface area contributed by atoms with Crippen LogP contribution in [0.3, 0.4) is 0 Å². The number of fused-ring (bicyclic) bond motifs is 4. The molecule has 3 fully saturated rings. The molecule has 31 heavy (non-hydrogen) atoms. The molecule has 4 atom stereocenters. The van der Waals surface area contributed by atoms with Crippen LogP contribution < -0.4 is 10.2 Å². The van der Waals surface area contributed by atoms with Crippen molar-refractivity contribution in [3.8, 4) is 0 Å². The van der Waals surface area contributed by atoms with Crippen molar-refractivity contribution in [2.24, 2.45) is 11.8 Å². The first-order chi connectivity index (χ1) is 15.2. The molecule has 3 saturated heterocycles. The molecule has 0 saturated carbocycles. The third-order valence-corrected chi connectivity index (χ3v) is 7.50. The number of nitrogens with one attached hydrogen (secondary N) is 1. The van der Waals surface area contributed by atoms with Gasteiger partial charge in [0.05, 0.1) is 0 Å². The lowest BCUT2D eigenvalue weighted by molar-refractivity contribution is -0.119. The Morgan fingerprint density at radius 2 is 1.94 bits per heavy atom. The fraction of sp³-hybridized carbons (Fsp3) is 0.538. The van der Waals surface area contributed by atoms with Gasteiger partial charge >= 0.3 is 0 Å². The largest absolute Gasteiger partial charge is 0.356 e. The Morgan fingerprint density at radius 3 is 2.71 bits per heavy atom. The first-order valence-corrected chi connectivity index (χ1v) is 11.9. The Bertz CT molecular complexity index is 884. The fourth-order valence-corrected chi connectivity index (χ4v) is 6.14. The average Bonchev–Trinajstić information content (AvgIpc) is 2.79. The Balaban J connectivity index is 1.25. The van der Waals surface area contributed by atoms with E-state index in [9.17, 15) is 4.79 Å². The first-order valence-electron chi connectivity index (χ1n) is 11.9. The highest BCUT2D eigenvalue weighted by molar-refractivity contribution is 5.72. The van der Waals surface area contributed by atoms with Crippen molar-refractivity contribution >= 4 is 11.7 Å². The highest BCUT2D eigenvalue weighted by Gasteiger charge is 2.44. The Labute approximate surface area is 185 Å². The van der Waals surface area contributed by atoms with Crippen molar-refractivity contribution in [2.45, 2.75) is 57.7 Å². The van der Waals surface area contributed by atoms with E-state index in [1.165, 1.54) is 44.2 Å². The van der Waals surface area contributed by atoms with E-state index in [4.69, 9.17) is 4.98 Å². The predicted octanol–water partition coefficient (Wildman–Crippen LogP) is 3.64. The summed E-state index contributed by atoms with van der Waals surface area (Å²) in [6.07, 6.45) is 8.52. The van der Waals surface area contributed by atoms with Crippen LogP contribution in [-0.4, -0.2) is 47.5 Å². The number of amides is 1. The van der Waals surface area contributed by atoms with Crippen LogP contribution in [0.25, 0.3) is 0 Å². The van der Waals surface area contributed by atoms with Gasteiger partial charge in [0.15, 0.2) is 0 Å². The second-order valence-corrected chi connectivity index (χ2v) is 9.74. The number of hydrogen-bond acceptors (Lipinski definition) is 4. The molecule has 0 spiro atoms. The minimum Gasteiger partial charge on any atom is -0.356 e. The minimum absolute atomic E-state index is 0.00413. The number of aromatic nitrogens is 1. The summed E-state index contributed by atoms with van der Waals surface area (Å²) < 4.78 is 0. The molecule has 1 amide bonds. The standard InChI is InChI=1S/C26H34N4O/c1-19(31)27-14-21-10-11-26(28-15-21)29-16-22-12-23(18-29)25-9-5-8-24(30(25)17-22)13-20-6-3-2-4-7-20/h2-4,6-7,10-11,15,22-25H,5,8-9,12-14,16-18H2,1H3,(H,27,31)/t22-,23+,24+,25-/m0/s1. The van der Waals surface area contributed by atoms with Crippen molar-refractivity contribution < 1.29 is 4.79 Å². The number of carbonyl (C=O) groups is 1. The van der Waals surface area contributed by atoms with Gasteiger partial charge in [-0.25, -0.2) is 4.98 Å². The molecule has 2 aromatic rings. The maximum atomic E-state index is 11.1. The van der Waals surface area contributed by atoms with Crippen LogP contribution in [0, 0.1) is 11.8 Å². The molecule has 5 heteroatoms. The van der Waals surface area contributed by atoms with Crippen LogP contribution in [0.4, 0.5) is 5.82 Å². The molecule has 0 aliphatic carbocycles. The summed E-state index contributed by atoms with van der Waals surface area (Å²) in [6.45, 7) is 5.56. The molecule has 1 N–H and O–H groups in total. The topological polar surface area (TPSA) is 48.5 Å². The smallest absolute Gasteiger partial charge is 0.217 e. The lowest BCUT2D eigenvalue weighted by atomic mass is 9.74. The third-order valence-electron chi connectivity index (χ3n) is 7.50. The van der Waals surface area contributed by atoms with Gasteiger partial charge in [0.1, 0.15) is 5.82 Å². The zero-order valence-electron chi connectivity index (χ0n) is 18.5. The predicted molar refractivity (Wildman–Crippen MR) is 124 cm³/mol. The van der Waals surface area contributed by atoms with E-state index in [0.29, 0.717) is 12.6 Å². The van der Waals surface area contributed by atoms with Crippen LogP contribution in [-0.2, 0) is 17.8 Å². The van der Waals surface area contributed by atoms with Gasteiger partial charge in [-0.05, 0) is 54.7 Å². The molecule has 5 nitrogen and oxygen atoms in total. The van der Waals surface area contributed by atoms with Crippen molar-refractivity contribution in [2.75, 3.05) is 24.5 Å². The van der Waals surface area contributed by atoms with Crippen molar-refractivity contribution in [3.05, 3.63) is 59.8 Å². The van der Waals surface area contributed by atoms with Gasteiger partial charge < -0.3 is 10.2 Å². The van der Waals surface area contributed by atoms with Crippen molar-refractivity contribution in [1.82, 2.24) is 15.2 Å². The number of carbonyl (C=O) groups excluding carboxylic acids is 1. The monoisotopic (exact) mass is 418 g/mol. The number of piperidine rings is 3. The second kappa shape index (κ2) is 8.99. The number of rotatable bonds is 5. The molecule has 1 aromatic heterocycles. The van der Waals surface area contributed by atoms with Crippen LogP contribution in [0.2, 0.25) is 0 Å². The molecule has 0 radical (unpaired) electrons. The van der Waals surface area contributed by atoms with E-state index >= 15 is 0 Å². The molecular formula is C26H34N4O. The number of anilines is 1. The molecule has 3 aliphatic heterocycles. The van der Waals surface area contributed by atoms with Gasteiger partial charge in [-0.1, -0.05) is 42.8 Å². The zero-order chi connectivity index (χ0) is 21.2. The normalized spacial score (nSPS) is 28.1. The summed E-state index contributed by atoms with van der Waals surface area (Å²) in [6, 6.07) is 16.7. The molecule has 0 unspecified atom stereocenters. The summed E-state index contributed by atoms with van der Waals surface area (Å²) in [5, 5.41) is 2.85. The summed E-state index contributed by atoms with van der Waals surface area (Å²) in [5.74, 6) is 2.56. The Kier molecular flexibility index (Phi) is 5.95. The van der Waals surface area contributed by atoms with E-state index in [2.05, 4.69) is 57.6 Å².